The minimum Gasteiger partial charge on any atom is -0.376 e. The normalized spacial score (nSPS) is 16.3. The Morgan fingerprint density at radius 2 is 2.09 bits per heavy atom. The first kappa shape index (κ1) is 16.7. The van der Waals surface area contributed by atoms with Gasteiger partial charge in [-0.3, -0.25) is 4.79 Å². The second kappa shape index (κ2) is 7.53. The van der Waals surface area contributed by atoms with Crippen LogP contribution in [0, 0.1) is 17.2 Å². The van der Waals surface area contributed by atoms with E-state index in [1.807, 2.05) is 11.0 Å². The number of carbonyl (C=O) groups excluding carboxylic acids is 1. The van der Waals surface area contributed by atoms with Crippen molar-refractivity contribution in [3.63, 3.8) is 0 Å². The molecule has 0 spiro atoms. The number of piperidine rings is 1. The van der Waals surface area contributed by atoms with E-state index in [9.17, 15) is 10.1 Å². The maximum atomic E-state index is 12.2. The molecule has 116 valence electrons. The quantitative estimate of drug-likeness (QED) is 0.668. The molecule has 1 aromatic carbocycles. The van der Waals surface area contributed by atoms with Crippen LogP contribution in [0.5, 0.6) is 0 Å². The SMILES string of the molecule is CC1CCN(/C=C(/C#N)C(=O)Nc2cccc(Cl)c2Cl)CC1. The van der Waals surface area contributed by atoms with E-state index in [1.165, 1.54) is 0 Å². The van der Waals surface area contributed by atoms with Crippen molar-refractivity contribution in [3.05, 3.63) is 40.0 Å². The molecule has 0 aromatic heterocycles. The predicted octanol–water partition coefficient (Wildman–Crippen LogP) is 4.07. The van der Waals surface area contributed by atoms with Gasteiger partial charge in [0.15, 0.2) is 0 Å². The number of nitrogens with zero attached hydrogens (tertiary/aromatic N) is 2. The van der Waals surface area contributed by atoms with Crippen molar-refractivity contribution in [3.8, 4) is 6.07 Å². The molecule has 1 fully saturated rings. The minimum atomic E-state index is -0.481. The van der Waals surface area contributed by atoms with E-state index in [0.29, 0.717) is 16.6 Å². The smallest absolute Gasteiger partial charge is 0.267 e. The lowest BCUT2D eigenvalue weighted by atomic mass is 9.99. The number of nitrogens with one attached hydrogen (secondary N) is 1. The van der Waals surface area contributed by atoms with E-state index in [4.69, 9.17) is 23.2 Å². The summed E-state index contributed by atoms with van der Waals surface area (Å²) in [4.78, 5) is 14.2. The number of carbonyl (C=O) groups is 1. The Morgan fingerprint density at radius 3 is 2.73 bits per heavy atom. The molecule has 1 heterocycles. The first-order valence-electron chi connectivity index (χ1n) is 7.12. The Balaban J connectivity index is 2.09. The van der Waals surface area contributed by atoms with Gasteiger partial charge in [-0.1, -0.05) is 36.2 Å². The molecule has 0 unspecified atom stereocenters. The monoisotopic (exact) mass is 337 g/mol. The summed E-state index contributed by atoms with van der Waals surface area (Å²) in [7, 11) is 0. The molecule has 0 radical (unpaired) electrons. The van der Waals surface area contributed by atoms with Crippen LogP contribution in [0.1, 0.15) is 19.8 Å². The highest BCUT2D eigenvalue weighted by Gasteiger charge is 2.17. The number of anilines is 1. The molecule has 1 aliphatic heterocycles. The topological polar surface area (TPSA) is 56.1 Å². The van der Waals surface area contributed by atoms with Crippen LogP contribution in [-0.2, 0) is 4.79 Å². The fourth-order valence-electron chi connectivity index (χ4n) is 2.27. The summed E-state index contributed by atoms with van der Waals surface area (Å²) in [6, 6.07) is 6.91. The van der Waals surface area contributed by atoms with E-state index < -0.39 is 5.91 Å². The molecule has 1 aromatic rings. The second-order valence-electron chi connectivity index (χ2n) is 5.43. The third-order valence-corrected chi connectivity index (χ3v) is 4.51. The molecule has 0 saturated carbocycles. The molecule has 22 heavy (non-hydrogen) atoms. The van der Waals surface area contributed by atoms with Gasteiger partial charge in [0.05, 0.1) is 15.7 Å². The predicted molar refractivity (Wildman–Crippen MR) is 88.8 cm³/mol. The zero-order valence-electron chi connectivity index (χ0n) is 12.3. The number of hydrogen-bond donors (Lipinski definition) is 1. The lowest BCUT2D eigenvalue weighted by molar-refractivity contribution is -0.112. The van der Waals surface area contributed by atoms with Crippen LogP contribution >= 0.6 is 23.2 Å². The van der Waals surface area contributed by atoms with Crippen LogP contribution in [-0.4, -0.2) is 23.9 Å². The summed E-state index contributed by atoms with van der Waals surface area (Å²) in [6.45, 7) is 3.93. The van der Waals surface area contributed by atoms with E-state index >= 15 is 0 Å². The number of halogens is 2. The summed E-state index contributed by atoms with van der Waals surface area (Å²) < 4.78 is 0. The lowest BCUT2D eigenvalue weighted by Crippen LogP contribution is -2.29. The van der Waals surface area contributed by atoms with E-state index in [0.717, 1.165) is 25.9 Å². The second-order valence-corrected chi connectivity index (χ2v) is 6.21. The molecule has 1 amide bonds. The summed E-state index contributed by atoms with van der Waals surface area (Å²) in [5, 5.41) is 12.5. The Labute approximate surface area is 140 Å². The molecule has 4 nitrogen and oxygen atoms in total. The van der Waals surface area contributed by atoms with Gasteiger partial charge < -0.3 is 10.2 Å². The highest BCUT2D eigenvalue weighted by molar-refractivity contribution is 6.44. The highest BCUT2D eigenvalue weighted by atomic mass is 35.5. The molecule has 1 aliphatic rings. The van der Waals surface area contributed by atoms with Crippen molar-refractivity contribution >= 4 is 34.8 Å². The van der Waals surface area contributed by atoms with Crippen LogP contribution in [0.3, 0.4) is 0 Å². The molecule has 0 atom stereocenters. The van der Waals surface area contributed by atoms with E-state index in [-0.39, 0.29) is 10.6 Å². The van der Waals surface area contributed by atoms with Crippen LogP contribution in [0.15, 0.2) is 30.0 Å². The Kier molecular flexibility index (Phi) is 5.70. The van der Waals surface area contributed by atoms with Crippen LogP contribution in [0.25, 0.3) is 0 Å². The van der Waals surface area contributed by atoms with Gasteiger partial charge in [0.2, 0.25) is 0 Å². The van der Waals surface area contributed by atoms with Gasteiger partial charge in [0.1, 0.15) is 11.6 Å². The van der Waals surface area contributed by atoms with Crippen LogP contribution < -0.4 is 5.32 Å². The average molecular weight is 338 g/mol. The number of nitriles is 1. The van der Waals surface area contributed by atoms with Gasteiger partial charge in [-0.15, -0.1) is 0 Å². The van der Waals surface area contributed by atoms with Gasteiger partial charge in [-0.05, 0) is 30.9 Å². The van der Waals surface area contributed by atoms with E-state index in [2.05, 4.69) is 12.2 Å². The van der Waals surface area contributed by atoms with Gasteiger partial charge in [0.25, 0.3) is 5.91 Å². The molecule has 1 saturated heterocycles. The van der Waals surface area contributed by atoms with Gasteiger partial charge >= 0.3 is 0 Å². The van der Waals surface area contributed by atoms with Crippen molar-refractivity contribution in [2.24, 2.45) is 5.92 Å². The van der Waals surface area contributed by atoms with Crippen molar-refractivity contribution in [2.75, 3.05) is 18.4 Å². The standard InChI is InChI=1S/C16H17Cl2N3O/c1-11-5-7-21(8-6-11)10-12(9-19)16(22)20-14-4-2-3-13(17)15(14)18/h2-4,10-11H,5-8H2,1H3,(H,20,22)/b12-10-. The maximum absolute atomic E-state index is 12.2. The molecule has 0 bridgehead atoms. The molecule has 2 rings (SSSR count). The highest BCUT2D eigenvalue weighted by Crippen LogP contribution is 2.29. The average Bonchev–Trinajstić information content (AvgIpc) is 2.51. The molecule has 0 aliphatic carbocycles. The summed E-state index contributed by atoms with van der Waals surface area (Å²) >= 11 is 11.9. The van der Waals surface area contributed by atoms with Crippen molar-refractivity contribution < 1.29 is 4.79 Å². The lowest BCUT2D eigenvalue weighted by Gasteiger charge is -2.29. The molecular formula is C16H17Cl2N3O. The largest absolute Gasteiger partial charge is 0.376 e. The fourth-order valence-corrected chi connectivity index (χ4v) is 2.62. The third kappa shape index (κ3) is 4.16. The number of hydrogen-bond acceptors (Lipinski definition) is 3. The van der Waals surface area contributed by atoms with Gasteiger partial charge in [-0.2, -0.15) is 5.26 Å². The number of amides is 1. The maximum Gasteiger partial charge on any atom is 0.267 e. The summed E-state index contributed by atoms with van der Waals surface area (Å²) in [6.07, 6.45) is 3.76. The van der Waals surface area contributed by atoms with Crippen LogP contribution in [0.2, 0.25) is 10.0 Å². The Morgan fingerprint density at radius 1 is 1.41 bits per heavy atom. The minimum absolute atomic E-state index is 0.0607. The first-order valence-corrected chi connectivity index (χ1v) is 7.88. The molecule has 6 heteroatoms. The molecule has 1 N–H and O–H groups in total. The first-order chi connectivity index (χ1) is 10.5. The van der Waals surface area contributed by atoms with Crippen LogP contribution in [0.4, 0.5) is 5.69 Å². The number of benzene rings is 1. The van der Waals surface area contributed by atoms with E-state index in [1.54, 1.807) is 24.4 Å². The number of rotatable bonds is 3. The van der Waals surface area contributed by atoms with Crippen molar-refractivity contribution in [1.29, 1.82) is 5.26 Å². The summed E-state index contributed by atoms with van der Waals surface area (Å²) in [5.41, 5.74) is 0.457. The summed E-state index contributed by atoms with van der Waals surface area (Å²) in [5.74, 6) is 0.208. The van der Waals surface area contributed by atoms with Crippen molar-refractivity contribution in [1.82, 2.24) is 4.90 Å². The van der Waals surface area contributed by atoms with Gasteiger partial charge in [-0.25, -0.2) is 0 Å². The zero-order chi connectivity index (χ0) is 16.1. The van der Waals surface area contributed by atoms with Gasteiger partial charge in [0, 0.05) is 19.3 Å². The van der Waals surface area contributed by atoms with Crippen molar-refractivity contribution in [2.45, 2.75) is 19.8 Å². The Bertz CT molecular complexity index is 629. The third-order valence-electron chi connectivity index (χ3n) is 3.69. The fraction of sp³-hybridized carbons (Fsp3) is 0.375. The zero-order valence-corrected chi connectivity index (χ0v) is 13.8. The Hall–Kier alpha value is -1.70. The number of likely N-dealkylation sites (tertiary alicyclic amines) is 1. The molecular weight excluding hydrogens is 321 g/mol.